The molecule has 0 fully saturated rings. The zero-order valence-electron chi connectivity index (χ0n) is 21.9. The Morgan fingerprint density at radius 1 is 1.08 bits per heavy atom. The smallest absolute Gasteiger partial charge is 0.350 e. The molecular weight excluding hydrogens is 506 g/mol. The van der Waals surface area contributed by atoms with Crippen LogP contribution >= 0.6 is 0 Å². The summed E-state index contributed by atoms with van der Waals surface area (Å²) >= 11 is 0. The van der Waals surface area contributed by atoms with Gasteiger partial charge in [0.15, 0.2) is 5.65 Å². The molecule has 0 radical (unpaired) electrons. The van der Waals surface area contributed by atoms with Gasteiger partial charge in [-0.25, -0.2) is 18.6 Å². The van der Waals surface area contributed by atoms with E-state index in [1.807, 2.05) is 56.3 Å². The largest absolute Gasteiger partial charge is 0.484 e. The van der Waals surface area contributed by atoms with Gasteiger partial charge < -0.3 is 10.1 Å². The molecule has 202 valence electrons. The Labute approximate surface area is 222 Å². The van der Waals surface area contributed by atoms with Crippen LogP contribution in [0.5, 0.6) is 5.75 Å². The predicted molar refractivity (Wildman–Crippen MR) is 142 cm³/mol. The molecule has 3 aromatic heterocycles. The van der Waals surface area contributed by atoms with Gasteiger partial charge in [0.1, 0.15) is 11.9 Å². The molecule has 3 heterocycles. The van der Waals surface area contributed by atoms with E-state index < -0.39 is 24.0 Å². The summed E-state index contributed by atoms with van der Waals surface area (Å²) in [6.45, 7) is 4.26. The molecule has 5 aromatic rings. The average Bonchev–Trinajstić information content (AvgIpc) is 3.45. The number of nitrogens with one attached hydrogen (secondary N) is 1. The molecule has 1 amide bonds. The minimum atomic E-state index is -3.52. The Balaban J connectivity index is 1.49. The van der Waals surface area contributed by atoms with Crippen LogP contribution < -0.4 is 15.7 Å². The van der Waals surface area contributed by atoms with Crippen molar-refractivity contribution in [3.05, 3.63) is 89.1 Å². The van der Waals surface area contributed by atoms with Crippen molar-refractivity contribution in [3.8, 4) is 11.4 Å². The van der Waals surface area contributed by atoms with E-state index >= 15 is 0 Å². The van der Waals surface area contributed by atoms with Crippen LogP contribution in [-0.4, -0.2) is 41.8 Å². The van der Waals surface area contributed by atoms with Crippen molar-refractivity contribution in [2.75, 3.05) is 0 Å². The number of benzene rings is 2. The Morgan fingerprint density at radius 3 is 2.51 bits per heavy atom. The van der Waals surface area contributed by atoms with Gasteiger partial charge in [-0.3, -0.25) is 4.79 Å². The summed E-state index contributed by atoms with van der Waals surface area (Å²) in [5.74, 6) is -4.60. The molecule has 5 rings (SSSR count). The molecule has 0 saturated carbocycles. The molecule has 0 unspecified atom stereocenters. The molecule has 0 spiro atoms. The fraction of sp³-hybridized carbons (Fsp3) is 0.286. The van der Waals surface area contributed by atoms with E-state index in [0.29, 0.717) is 24.0 Å². The van der Waals surface area contributed by atoms with Gasteiger partial charge in [-0.2, -0.15) is 19.0 Å². The Morgan fingerprint density at radius 2 is 1.82 bits per heavy atom. The number of nitrogens with zero attached hydrogens (tertiary/aromatic N) is 5. The molecule has 0 aliphatic carbocycles. The van der Waals surface area contributed by atoms with Gasteiger partial charge in [0.2, 0.25) is 0 Å². The molecule has 0 bridgehead atoms. The maximum absolute atomic E-state index is 13.8. The van der Waals surface area contributed by atoms with Crippen molar-refractivity contribution in [1.82, 2.24) is 29.3 Å². The highest BCUT2D eigenvalue weighted by atomic mass is 19.3. The molecule has 0 aliphatic heterocycles. The number of hydrogen-bond donors (Lipinski definition) is 1. The number of carbonyl (C=O) groups is 1. The van der Waals surface area contributed by atoms with E-state index in [1.54, 1.807) is 42.3 Å². The molecule has 9 nitrogen and oxygen atoms in total. The Hall–Kier alpha value is -4.54. The van der Waals surface area contributed by atoms with Gasteiger partial charge in [-0.1, -0.05) is 44.2 Å². The lowest BCUT2D eigenvalue weighted by molar-refractivity contribution is -0.145. The highest BCUT2D eigenvalue weighted by Crippen LogP contribution is 2.31. The summed E-state index contributed by atoms with van der Waals surface area (Å²) in [6, 6.07) is 17.4. The van der Waals surface area contributed by atoms with Crippen molar-refractivity contribution in [2.24, 2.45) is 13.0 Å². The summed E-state index contributed by atoms with van der Waals surface area (Å²) in [7, 11) is 1.59. The molecular formula is C28H28F2N6O3. The third-order valence-electron chi connectivity index (χ3n) is 6.56. The first-order valence-electron chi connectivity index (χ1n) is 12.5. The van der Waals surface area contributed by atoms with Crippen molar-refractivity contribution >= 4 is 22.5 Å². The van der Waals surface area contributed by atoms with Crippen LogP contribution in [0.15, 0.2) is 77.9 Å². The second-order valence-electron chi connectivity index (χ2n) is 9.88. The molecule has 39 heavy (non-hydrogen) atoms. The Bertz CT molecular complexity index is 1700. The van der Waals surface area contributed by atoms with E-state index in [4.69, 9.17) is 4.74 Å². The van der Waals surface area contributed by atoms with Crippen molar-refractivity contribution in [3.63, 3.8) is 0 Å². The van der Waals surface area contributed by atoms with Crippen LogP contribution in [0.3, 0.4) is 0 Å². The van der Waals surface area contributed by atoms with E-state index in [0.717, 1.165) is 16.5 Å². The van der Waals surface area contributed by atoms with E-state index in [9.17, 15) is 18.4 Å². The number of carbonyl (C=O) groups excluding carboxylic acids is 1. The van der Waals surface area contributed by atoms with Gasteiger partial charge >= 0.3 is 11.6 Å². The number of alkyl halides is 2. The minimum Gasteiger partial charge on any atom is -0.484 e. The number of fused-ring (bicyclic) bond motifs is 2. The number of rotatable bonds is 8. The zero-order valence-corrected chi connectivity index (χ0v) is 21.9. The summed E-state index contributed by atoms with van der Waals surface area (Å²) in [4.78, 5) is 24.6. The number of halogens is 2. The highest BCUT2D eigenvalue weighted by Gasteiger charge is 2.37. The summed E-state index contributed by atoms with van der Waals surface area (Å²) in [6.07, 6.45) is 2.62. The molecule has 0 saturated heterocycles. The molecule has 1 N–H and O–H groups in total. The second-order valence-corrected chi connectivity index (χ2v) is 9.88. The number of amides is 1. The standard InChI is InChI=1S/C28H28F2N6O3/c1-17(2)24(32-26(37)28(3,29)30)25(18-8-6-5-7-9-18)39-21-11-12-22-19(14-21)15-31-36(22)20-10-13-23-33-34(4)27(38)35(23)16-20/h5-17,24-25H,1-4H3,(H,32,37)/t24-,25+/m0/s1. The average molecular weight is 535 g/mol. The third-order valence-corrected chi connectivity index (χ3v) is 6.56. The lowest BCUT2D eigenvalue weighted by atomic mass is 9.92. The first kappa shape index (κ1) is 26.1. The lowest BCUT2D eigenvalue weighted by Gasteiger charge is -2.32. The monoisotopic (exact) mass is 534 g/mol. The summed E-state index contributed by atoms with van der Waals surface area (Å²) in [5, 5.41) is 11.9. The van der Waals surface area contributed by atoms with Gasteiger partial charge in [0.05, 0.1) is 23.4 Å². The molecule has 2 aromatic carbocycles. The van der Waals surface area contributed by atoms with Crippen LogP contribution in [0.25, 0.3) is 22.2 Å². The number of aromatic nitrogens is 5. The number of aryl methyl sites for hydroxylation is 1. The number of hydrogen-bond acceptors (Lipinski definition) is 5. The zero-order chi connectivity index (χ0) is 27.9. The quantitative estimate of drug-likeness (QED) is 0.321. The lowest BCUT2D eigenvalue weighted by Crippen LogP contribution is -2.49. The SMILES string of the molecule is CC(C)[C@H](NC(=O)C(C)(F)F)[C@H](Oc1ccc2c(cnn2-c2ccc3nn(C)c(=O)n3c2)c1)c1ccccc1. The summed E-state index contributed by atoms with van der Waals surface area (Å²) < 4.78 is 38.3. The highest BCUT2D eigenvalue weighted by molar-refractivity contribution is 5.83. The van der Waals surface area contributed by atoms with Gasteiger partial charge in [0, 0.05) is 25.6 Å². The minimum absolute atomic E-state index is 0.209. The van der Waals surface area contributed by atoms with Crippen LogP contribution in [0.2, 0.25) is 0 Å². The van der Waals surface area contributed by atoms with Crippen LogP contribution in [0.1, 0.15) is 32.4 Å². The number of ether oxygens (including phenoxy) is 1. The topological polar surface area (TPSA) is 95.4 Å². The maximum atomic E-state index is 13.8. The first-order valence-corrected chi connectivity index (χ1v) is 12.5. The van der Waals surface area contributed by atoms with E-state index in [2.05, 4.69) is 15.5 Å². The van der Waals surface area contributed by atoms with Gasteiger partial charge in [0.25, 0.3) is 5.91 Å². The third kappa shape index (κ3) is 5.12. The van der Waals surface area contributed by atoms with Crippen LogP contribution in [0, 0.1) is 5.92 Å². The van der Waals surface area contributed by atoms with Crippen molar-refractivity contribution in [1.29, 1.82) is 0 Å². The second kappa shape index (κ2) is 9.97. The fourth-order valence-corrected chi connectivity index (χ4v) is 4.49. The van der Waals surface area contributed by atoms with Crippen LogP contribution in [0.4, 0.5) is 8.78 Å². The molecule has 11 heteroatoms. The van der Waals surface area contributed by atoms with Gasteiger partial charge in [-0.05, 0) is 41.8 Å². The normalized spacial score (nSPS) is 13.6. The summed E-state index contributed by atoms with van der Waals surface area (Å²) in [5.41, 5.74) is 2.44. The van der Waals surface area contributed by atoms with E-state index in [1.165, 1.54) is 9.08 Å². The first-order chi connectivity index (χ1) is 18.5. The van der Waals surface area contributed by atoms with E-state index in [-0.39, 0.29) is 11.6 Å². The molecule has 0 aliphatic rings. The fourth-order valence-electron chi connectivity index (χ4n) is 4.49. The molecule has 2 atom stereocenters. The Kier molecular flexibility index (Phi) is 6.67. The van der Waals surface area contributed by atoms with Crippen molar-refractivity contribution < 1.29 is 18.3 Å². The number of pyridine rings is 1. The predicted octanol–water partition coefficient (Wildman–Crippen LogP) is 4.29. The van der Waals surface area contributed by atoms with Gasteiger partial charge in [-0.15, -0.1) is 0 Å². The van der Waals surface area contributed by atoms with Crippen molar-refractivity contribution in [2.45, 2.75) is 38.8 Å². The van der Waals surface area contributed by atoms with Crippen LogP contribution in [-0.2, 0) is 11.8 Å². The maximum Gasteiger partial charge on any atom is 0.350 e.